The van der Waals surface area contributed by atoms with Gasteiger partial charge in [-0.3, -0.25) is 4.79 Å². The molecule has 114 valence electrons. The molecule has 22 heavy (non-hydrogen) atoms. The van der Waals surface area contributed by atoms with E-state index in [-0.39, 0.29) is 18.3 Å². The summed E-state index contributed by atoms with van der Waals surface area (Å²) in [5.41, 5.74) is 4.10. The van der Waals surface area contributed by atoms with Gasteiger partial charge in [-0.15, -0.1) is 0 Å². The van der Waals surface area contributed by atoms with Crippen LogP contribution in [-0.2, 0) is 11.2 Å². The zero-order chi connectivity index (χ0) is 15.8. The highest BCUT2D eigenvalue weighted by molar-refractivity contribution is 5.82. The number of hydrazone groups is 1. The number of halogens is 1. The van der Waals surface area contributed by atoms with Crippen LogP contribution in [0.1, 0.15) is 18.1 Å². The number of aryl methyl sites for hydroxylation is 1. The molecule has 0 aromatic heterocycles. The third-order valence-corrected chi connectivity index (χ3v) is 2.95. The van der Waals surface area contributed by atoms with E-state index in [9.17, 15) is 9.18 Å². The van der Waals surface area contributed by atoms with Crippen molar-refractivity contribution in [1.82, 2.24) is 5.43 Å². The van der Waals surface area contributed by atoms with Gasteiger partial charge in [-0.25, -0.2) is 9.82 Å². The molecule has 0 spiro atoms. The first-order valence-electron chi connectivity index (χ1n) is 6.96. The van der Waals surface area contributed by atoms with Crippen molar-refractivity contribution in [2.45, 2.75) is 13.3 Å². The minimum Gasteiger partial charge on any atom is -0.484 e. The molecule has 2 rings (SSSR count). The number of hydrogen-bond acceptors (Lipinski definition) is 3. The molecule has 0 saturated carbocycles. The molecule has 0 aliphatic heterocycles. The molecule has 0 saturated heterocycles. The van der Waals surface area contributed by atoms with Crippen LogP contribution in [0.3, 0.4) is 0 Å². The third kappa shape index (κ3) is 5.01. The predicted molar refractivity (Wildman–Crippen MR) is 83.5 cm³/mol. The highest BCUT2D eigenvalue weighted by Gasteiger charge is 2.01. The molecular formula is C17H17FN2O2. The molecular weight excluding hydrogens is 283 g/mol. The van der Waals surface area contributed by atoms with E-state index in [2.05, 4.69) is 17.5 Å². The number of nitrogens with zero attached hydrogens (tertiary/aromatic N) is 1. The van der Waals surface area contributed by atoms with Crippen molar-refractivity contribution >= 4 is 12.1 Å². The molecule has 4 nitrogen and oxygen atoms in total. The monoisotopic (exact) mass is 300 g/mol. The standard InChI is InChI=1S/C17H17FN2O2/c1-2-13-6-8-16(9-7-13)22-12-17(21)20-19-11-14-4-3-5-15(18)10-14/h3-11H,2,12H2,1H3,(H,20,21)/b19-11-. The highest BCUT2D eigenvalue weighted by Crippen LogP contribution is 2.12. The number of amides is 1. The summed E-state index contributed by atoms with van der Waals surface area (Å²) in [7, 11) is 0. The Labute approximate surface area is 128 Å². The van der Waals surface area contributed by atoms with E-state index in [0.717, 1.165) is 6.42 Å². The van der Waals surface area contributed by atoms with Crippen LogP contribution in [0, 0.1) is 5.82 Å². The van der Waals surface area contributed by atoms with Gasteiger partial charge >= 0.3 is 0 Å². The number of benzene rings is 2. The van der Waals surface area contributed by atoms with Gasteiger partial charge < -0.3 is 4.74 Å². The van der Waals surface area contributed by atoms with E-state index >= 15 is 0 Å². The maximum atomic E-state index is 12.9. The summed E-state index contributed by atoms with van der Waals surface area (Å²) in [6.07, 6.45) is 2.33. The van der Waals surface area contributed by atoms with E-state index < -0.39 is 0 Å². The Kier molecular flexibility index (Phi) is 5.65. The minimum atomic E-state index is -0.382. The van der Waals surface area contributed by atoms with Gasteiger partial charge in [0.1, 0.15) is 11.6 Å². The number of nitrogens with one attached hydrogen (secondary N) is 1. The predicted octanol–water partition coefficient (Wildman–Crippen LogP) is 2.92. The van der Waals surface area contributed by atoms with Crippen molar-refractivity contribution in [1.29, 1.82) is 0 Å². The number of carbonyl (C=O) groups is 1. The zero-order valence-corrected chi connectivity index (χ0v) is 12.3. The van der Waals surface area contributed by atoms with Crippen LogP contribution in [0.5, 0.6) is 5.75 Å². The molecule has 5 heteroatoms. The normalized spacial score (nSPS) is 10.6. The number of hydrogen-bond donors (Lipinski definition) is 1. The zero-order valence-electron chi connectivity index (χ0n) is 12.3. The highest BCUT2D eigenvalue weighted by atomic mass is 19.1. The third-order valence-electron chi connectivity index (χ3n) is 2.95. The Balaban J connectivity index is 1.77. The van der Waals surface area contributed by atoms with Crippen LogP contribution < -0.4 is 10.2 Å². The van der Waals surface area contributed by atoms with Crippen LogP contribution in [0.2, 0.25) is 0 Å². The molecule has 1 N–H and O–H groups in total. The Morgan fingerprint density at radius 1 is 1.27 bits per heavy atom. The summed E-state index contributed by atoms with van der Waals surface area (Å²) >= 11 is 0. The lowest BCUT2D eigenvalue weighted by Gasteiger charge is -2.05. The summed E-state index contributed by atoms with van der Waals surface area (Å²) in [6.45, 7) is 1.94. The number of carbonyl (C=O) groups excluding carboxylic acids is 1. The number of ether oxygens (including phenoxy) is 1. The molecule has 0 aliphatic carbocycles. The van der Waals surface area contributed by atoms with Crippen molar-refractivity contribution in [2.24, 2.45) is 5.10 Å². The summed E-state index contributed by atoms with van der Waals surface area (Å²) in [6, 6.07) is 13.5. The van der Waals surface area contributed by atoms with Crippen molar-refractivity contribution in [3.05, 3.63) is 65.5 Å². The first-order valence-corrected chi connectivity index (χ1v) is 6.96. The molecule has 0 atom stereocenters. The van der Waals surface area contributed by atoms with Gasteiger partial charge in [-0.2, -0.15) is 5.10 Å². The second-order valence-electron chi connectivity index (χ2n) is 4.63. The quantitative estimate of drug-likeness (QED) is 0.659. The molecule has 0 fully saturated rings. The molecule has 0 unspecified atom stereocenters. The van der Waals surface area contributed by atoms with Crippen molar-refractivity contribution in [3.63, 3.8) is 0 Å². The van der Waals surface area contributed by atoms with Gasteiger partial charge in [0.05, 0.1) is 6.21 Å². The fourth-order valence-electron chi connectivity index (χ4n) is 1.77. The van der Waals surface area contributed by atoms with Crippen molar-refractivity contribution in [2.75, 3.05) is 6.61 Å². The van der Waals surface area contributed by atoms with Crippen molar-refractivity contribution < 1.29 is 13.9 Å². The maximum Gasteiger partial charge on any atom is 0.277 e. The van der Waals surface area contributed by atoms with Gasteiger partial charge in [0.25, 0.3) is 5.91 Å². The Morgan fingerprint density at radius 3 is 2.73 bits per heavy atom. The largest absolute Gasteiger partial charge is 0.484 e. The van der Waals surface area contributed by atoms with Gasteiger partial charge in [0.15, 0.2) is 6.61 Å². The van der Waals surface area contributed by atoms with Gasteiger partial charge in [0, 0.05) is 0 Å². The lowest BCUT2D eigenvalue weighted by Crippen LogP contribution is -2.24. The Morgan fingerprint density at radius 2 is 2.05 bits per heavy atom. The van der Waals surface area contributed by atoms with Crippen LogP contribution in [0.4, 0.5) is 4.39 Å². The van der Waals surface area contributed by atoms with Gasteiger partial charge in [-0.1, -0.05) is 31.2 Å². The molecule has 2 aromatic rings. The second-order valence-corrected chi connectivity index (χ2v) is 4.63. The average Bonchev–Trinajstić information content (AvgIpc) is 2.53. The van der Waals surface area contributed by atoms with E-state index in [1.807, 2.05) is 24.3 Å². The Bertz CT molecular complexity index is 654. The van der Waals surface area contributed by atoms with Gasteiger partial charge in [-0.05, 0) is 41.8 Å². The number of rotatable bonds is 6. The van der Waals surface area contributed by atoms with Crippen LogP contribution in [0.15, 0.2) is 53.6 Å². The summed E-state index contributed by atoms with van der Waals surface area (Å²) in [5, 5.41) is 3.75. The Hall–Kier alpha value is -2.69. The molecule has 1 amide bonds. The molecule has 2 aromatic carbocycles. The van der Waals surface area contributed by atoms with Crippen molar-refractivity contribution in [3.8, 4) is 5.75 Å². The lowest BCUT2D eigenvalue weighted by molar-refractivity contribution is -0.123. The maximum absolute atomic E-state index is 12.9. The van der Waals surface area contributed by atoms with Crippen LogP contribution in [0.25, 0.3) is 0 Å². The SMILES string of the molecule is CCc1ccc(OCC(=O)N/N=C\c2cccc(F)c2)cc1. The summed E-state index contributed by atoms with van der Waals surface area (Å²) in [4.78, 5) is 11.6. The van der Waals surface area contributed by atoms with E-state index in [1.54, 1.807) is 12.1 Å². The first-order chi connectivity index (χ1) is 10.7. The first kappa shape index (κ1) is 15.7. The fourth-order valence-corrected chi connectivity index (χ4v) is 1.77. The lowest BCUT2D eigenvalue weighted by atomic mass is 10.2. The van der Waals surface area contributed by atoms with E-state index in [4.69, 9.17) is 4.74 Å². The molecule has 0 aliphatic rings. The fraction of sp³-hybridized carbons (Fsp3) is 0.176. The molecule has 0 heterocycles. The minimum absolute atomic E-state index is 0.133. The smallest absolute Gasteiger partial charge is 0.277 e. The second kappa shape index (κ2) is 7.93. The summed E-state index contributed by atoms with van der Waals surface area (Å²) in [5.74, 6) is -0.109. The average molecular weight is 300 g/mol. The van der Waals surface area contributed by atoms with E-state index in [0.29, 0.717) is 11.3 Å². The molecule has 0 radical (unpaired) electrons. The van der Waals surface area contributed by atoms with Crippen LogP contribution >= 0.6 is 0 Å². The van der Waals surface area contributed by atoms with Gasteiger partial charge in [0.2, 0.25) is 0 Å². The van der Waals surface area contributed by atoms with Crippen LogP contribution in [-0.4, -0.2) is 18.7 Å². The van der Waals surface area contributed by atoms with E-state index in [1.165, 1.54) is 23.9 Å². The molecule has 0 bridgehead atoms. The summed E-state index contributed by atoms with van der Waals surface area (Å²) < 4.78 is 18.3. The topological polar surface area (TPSA) is 50.7 Å².